The highest BCUT2D eigenvalue weighted by atomic mass is 16.5. The number of hydrogen-bond donors (Lipinski definition) is 1. The highest BCUT2D eigenvalue weighted by Crippen LogP contribution is 2.38. The van der Waals surface area contributed by atoms with Gasteiger partial charge in [0.25, 0.3) is 0 Å². The van der Waals surface area contributed by atoms with E-state index >= 15 is 0 Å². The Morgan fingerprint density at radius 1 is 1.40 bits per heavy atom. The molecule has 1 aliphatic carbocycles. The number of nitrogens with one attached hydrogen (secondary N) is 1. The van der Waals surface area contributed by atoms with Crippen molar-refractivity contribution in [1.82, 2.24) is 15.5 Å². The molecule has 1 atom stereocenters. The van der Waals surface area contributed by atoms with E-state index < -0.39 is 0 Å². The Morgan fingerprint density at radius 3 is 2.80 bits per heavy atom. The SMILES string of the molecule is Cc1ccoc1CNC(c1nc(C2CC2)no1)C(C)C. The van der Waals surface area contributed by atoms with Crippen LogP contribution in [0.4, 0.5) is 0 Å². The van der Waals surface area contributed by atoms with E-state index in [0.717, 1.165) is 17.1 Å². The average molecular weight is 275 g/mol. The topological polar surface area (TPSA) is 64.1 Å². The molecule has 2 aromatic heterocycles. The molecule has 0 radical (unpaired) electrons. The quantitative estimate of drug-likeness (QED) is 0.876. The fourth-order valence-electron chi connectivity index (χ4n) is 2.28. The molecule has 0 amide bonds. The molecule has 20 heavy (non-hydrogen) atoms. The predicted octanol–water partition coefficient (Wildman–Crippen LogP) is 3.34. The van der Waals surface area contributed by atoms with E-state index in [1.165, 1.54) is 12.8 Å². The summed E-state index contributed by atoms with van der Waals surface area (Å²) in [6.45, 7) is 7.01. The maximum absolute atomic E-state index is 5.45. The van der Waals surface area contributed by atoms with E-state index in [1.807, 2.05) is 13.0 Å². The molecule has 2 aromatic rings. The Morgan fingerprint density at radius 2 is 2.20 bits per heavy atom. The number of aryl methyl sites for hydroxylation is 1. The molecule has 1 fully saturated rings. The Hall–Kier alpha value is -1.62. The van der Waals surface area contributed by atoms with E-state index in [0.29, 0.717) is 24.3 Å². The van der Waals surface area contributed by atoms with Gasteiger partial charge in [-0.25, -0.2) is 0 Å². The van der Waals surface area contributed by atoms with Gasteiger partial charge in [0.05, 0.1) is 18.8 Å². The van der Waals surface area contributed by atoms with Gasteiger partial charge >= 0.3 is 0 Å². The first kappa shape index (κ1) is 13.4. The molecule has 3 rings (SSSR count). The Labute approximate surface area is 118 Å². The van der Waals surface area contributed by atoms with Crippen LogP contribution < -0.4 is 5.32 Å². The van der Waals surface area contributed by atoms with Crippen LogP contribution in [-0.2, 0) is 6.54 Å². The van der Waals surface area contributed by atoms with Gasteiger partial charge in [0.2, 0.25) is 5.89 Å². The lowest BCUT2D eigenvalue weighted by Gasteiger charge is -2.18. The van der Waals surface area contributed by atoms with Gasteiger partial charge in [0, 0.05) is 5.92 Å². The molecule has 1 N–H and O–H groups in total. The van der Waals surface area contributed by atoms with Crippen LogP contribution in [0, 0.1) is 12.8 Å². The third-order valence-corrected chi connectivity index (χ3v) is 3.78. The summed E-state index contributed by atoms with van der Waals surface area (Å²) < 4.78 is 10.9. The van der Waals surface area contributed by atoms with Crippen LogP contribution in [-0.4, -0.2) is 10.1 Å². The summed E-state index contributed by atoms with van der Waals surface area (Å²) in [5.41, 5.74) is 1.16. The number of hydrogen-bond acceptors (Lipinski definition) is 5. The minimum Gasteiger partial charge on any atom is -0.468 e. The van der Waals surface area contributed by atoms with Crippen LogP contribution in [0.2, 0.25) is 0 Å². The second-order valence-corrected chi connectivity index (χ2v) is 5.89. The lowest BCUT2D eigenvalue weighted by Crippen LogP contribution is -2.25. The molecule has 108 valence electrons. The van der Waals surface area contributed by atoms with Crippen molar-refractivity contribution < 1.29 is 8.94 Å². The lowest BCUT2D eigenvalue weighted by atomic mass is 10.0. The normalized spacial score (nSPS) is 16.8. The Bertz CT molecular complexity index is 569. The Balaban J connectivity index is 1.69. The van der Waals surface area contributed by atoms with Crippen molar-refractivity contribution in [3.63, 3.8) is 0 Å². The van der Waals surface area contributed by atoms with E-state index in [1.54, 1.807) is 6.26 Å². The minimum absolute atomic E-state index is 0.0551. The summed E-state index contributed by atoms with van der Waals surface area (Å²) in [7, 11) is 0. The zero-order chi connectivity index (χ0) is 14.1. The summed E-state index contributed by atoms with van der Waals surface area (Å²) >= 11 is 0. The number of nitrogens with zero attached hydrogens (tertiary/aromatic N) is 2. The third kappa shape index (κ3) is 2.77. The van der Waals surface area contributed by atoms with E-state index in [4.69, 9.17) is 8.94 Å². The van der Waals surface area contributed by atoms with Crippen molar-refractivity contribution in [2.75, 3.05) is 0 Å². The third-order valence-electron chi connectivity index (χ3n) is 3.78. The number of furan rings is 1. The monoisotopic (exact) mass is 275 g/mol. The van der Waals surface area contributed by atoms with Crippen molar-refractivity contribution in [1.29, 1.82) is 0 Å². The summed E-state index contributed by atoms with van der Waals surface area (Å²) in [5, 5.41) is 7.56. The summed E-state index contributed by atoms with van der Waals surface area (Å²) in [6.07, 6.45) is 4.09. The van der Waals surface area contributed by atoms with Crippen molar-refractivity contribution >= 4 is 0 Å². The standard InChI is InChI=1S/C15H21N3O2/c1-9(2)13(16-8-12-10(3)6-7-19-12)15-17-14(18-20-15)11-4-5-11/h6-7,9,11,13,16H,4-5,8H2,1-3H3. The molecule has 0 aliphatic heterocycles. The molecule has 1 unspecified atom stereocenters. The zero-order valence-corrected chi connectivity index (χ0v) is 12.2. The smallest absolute Gasteiger partial charge is 0.244 e. The maximum Gasteiger partial charge on any atom is 0.244 e. The zero-order valence-electron chi connectivity index (χ0n) is 12.2. The van der Waals surface area contributed by atoms with Crippen molar-refractivity contribution in [3.05, 3.63) is 35.4 Å². The fraction of sp³-hybridized carbons (Fsp3) is 0.600. The minimum atomic E-state index is 0.0551. The van der Waals surface area contributed by atoms with Crippen LogP contribution in [0.5, 0.6) is 0 Å². The van der Waals surface area contributed by atoms with E-state index in [2.05, 4.69) is 29.3 Å². The maximum atomic E-state index is 5.45. The highest BCUT2D eigenvalue weighted by Gasteiger charge is 2.31. The van der Waals surface area contributed by atoms with Gasteiger partial charge < -0.3 is 8.94 Å². The van der Waals surface area contributed by atoms with Gasteiger partial charge in [-0.2, -0.15) is 4.98 Å². The van der Waals surface area contributed by atoms with Gasteiger partial charge in [0.15, 0.2) is 5.82 Å². The fourth-order valence-corrected chi connectivity index (χ4v) is 2.28. The Kier molecular flexibility index (Phi) is 3.61. The molecule has 2 heterocycles. The van der Waals surface area contributed by atoms with Crippen LogP contribution in [0.1, 0.15) is 61.7 Å². The van der Waals surface area contributed by atoms with Crippen LogP contribution in [0.15, 0.2) is 21.3 Å². The molecule has 5 nitrogen and oxygen atoms in total. The molecular formula is C15H21N3O2. The summed E-state index contributed by atoms with van der Waals surface area (Å²) in [5.74, 6) is 3.40. The molecule has 1 saturated carbocycles. The van der Waals surface area contributed by atoms with Gasteiger partial charge in [-0.3, -0.25) is 5.32 Å². The molecule has 0 bridgehead atoms. The first-order chi connectivity index (χ1) is 9.65. The van der Waals surface area contributed by atoms with E-state index in [-0.39, 0.29) is 6.04 Å². The highest BCUT2D eigenvalue weighted by molar-refractivity contribution is 5.14. The number of aromatic nitrogens is 2. The van der Waals surface area contributed by atoms with Crippen molar-refractivity contribution in [2.24, 2.45) is 5.92 Å². The van der Waals surface area contributed by atoms with Gasteiger partial charge in [0.1, 0.15) is 5.76 Å². The van der Waals surface area contributed by atoms with E-state index in [9.17, 15) is 0 Å². The molecule has 0 saturated heterocycles. The van der Waals surface area contributed by atoms with Crippen molar-refractivity contribution in [2.45, 2.75) is 52.1 Å². The van der Waals surface area contributed by atoms with Crippen LogP contribution in [0.3, 0.4) is 0 Å². The largest absolute Gasteiger partial charge is 0.468 e. The second-order valence-electron chi connectivity index (χ2n) is 5.89. The van der Waals surface area contributed by atoms with Crippen LogP contribution in [0.25, 0.3) is 0 Å². The van der Waals surface area contributed by atoms with Gasteiger partial charge in [-0.1, -0.05) is 19.0 Å². The molecule has 0 aromatic carbocycles. The van der Waals surface area contributed by atoms with Crippen LogP contribution >= 0.6 is 0 Å². The second kappa shape index (κ2) is 5.40. The summed E-state index contributed by atoms with van der Waals surface area (Å²) in [6, 6.07) is 2.03. The molecular weight excluding hydrogens is 254 g/mol. The molecule has 1 aliphatic rings. The molecule has 0 spiro atoms. The van der Waals surface area contributed by atoms with Gasteiger partial charge in [-0.05, 0) is 37.3 Å². The first-order valence-electron chi connectivity index (χ1n) is 7.25. The first-order valence-corrected chi connectivity index (χ1v) is 7.25. The van der Waals surface area contributed by atoms with Gasteiger partial charge in [-0.15, -0.1) is 0 Å². The lowest BCUT2D eigenvalue weighted by molar-refractivity contribution is 0.281. The molecule has 5 heteroatoms. The van der Waals surface area contributed by atoms with Crippen molar-refractivity contribution in [3.8, 4) is 0 Å². The number of rotatable bonds is 6. The summed E-state index contributed by atoms with van der Waals surface area (Å²) in [4.78, 5) is 4.55. The average Bonchev–Trinajstić information content (AvgIpc) is 3.01. The predicted molar refractivity (Wildman–Crippen MR) is 74.1 cm³/mol.